The summed E-state index contributed by atoms with van der Waals surface area (Å²) >= 11 is 0. The Kier molecular flexibility index (Phi) is 13.8. The zero-order valence-corrected chi connectivity index (χ0v) is 18.6. The van der Waals surface area contributed by atoms with Gasteiger partial charge in [0.05, 0.1) is 12.2 Å². The molecule has 0 aliphatic carbocycles. The van der Waals surface area contributed by atoms with Crippen LogP contribution in [0.25, 0.3) is 0 Å². The molecule has 146 valence electrons. The number of aryl methyl sites for hydroxylation is 1. The number of unbranched alkanes of at least 4 members (excludes halogenated alkanes) is 1. The number of aromatic nitrogens is 2. The molecular weight excluding hydrogens is 431 g/mol. The Labute approximate surface area is 169 Å². The van der Waals surface area contributed by atoms with Crippen LogP contribution in [0.5, 0.6) is 0 Å². The maximum atomic E-state index is 5.56. The fourth-order valence-corrected chi connectivity index (χ4v) is 2.35. The standard InChI is InChI=1S/C17H34N6O.HI/c1-6-7-10-24-11-8-9-19-17(18-2)20-13-16(22(3)4)15-12-21-23(5)14-15;/h12,14,16H,6-11,13H2,1-5H3,(H2,18,19,20);1H. The average molecular weight is 466 g/mol. The highest BCUT2D eigenvalue weighted by atomic mass is 127. The molecule has 1 rings (SSSR count). The maximum absolute atomic E-state index is 5.56. The molecule has 0 spiro atoms. The Morgan fingerprint density at radius 1 is 1.32 bits per heavy atom. The molecule has 0 saturated carbocycles. The fourth-order valence-electron chi connectivity index (χ4n) is 2.35. The average Bonchev–Trinajstić information content (AvgIpc) is 2.98. The second kappa shape index (κ2) is 14.3. The van der Waals surface area contributed by atoms with Crippen molar-refractivity contribution in [3.8, 4) is 0 Å². The summed E-state index contributed by atoms with van der Waals surface area (Å²) in [5.41, 5.74) is 1.19. The summed E-state index contributed by atoms with van der Waals surface area (Å²) in [7, 11) is 7.88. The molecule has 1 aromatic heterocycles. The van der Waals surface area contributed by atoms with Gasteiger partial charge in [0.2, 0.25) is 0 Å². The second-order valence-electron chi connectivity index (χ2n) is 6.13. The summed E-state index contributed by atoms with van der Waals surface area (Å²) in [6, 6.07) is 0.245. The predicted molar refractivity (Wildman–Crippen MR) is 115 cm³/mol. The molecule has 1 aromatic rings. The monoisotopic (exact) mass is 466 g/mol. The molecule has 1 atom stereocenters. The summed E-state index contributed by atoms with van der Waals surface area (Å²) < 4.78 is 7.39. The van der Waals surface area contributed by atoms with Crippen LogP contribution >= 0.6 is 24.0 Å². The van der Waals surface area contributed by atoms with Crippen molar-refractivity contribution in [3.05, 3.63) is 18.0 Å². The van der Waals surface area contributed by atoms with Gasteiger partial charge in [0.15, 0.2) is 5.96 Å². The Hall–Kier alpha value is -0.870. The van der Waals surface area contributed by atoms with Gasteiger partial charge in [-0.05, 0) is 26.9 Å². The minimum absolute atomic E-state index is 0. The van der Waals surface area contributed by atoms with Gasteiger partial charge in [0.25, 0.3) is 0 Å². The largest absolute Gasteiger partial charge is 0.381 e. The van der Waals surface area contributed by atoms with Gasteiger partial charge in [0.1, 0.15) is 0 Å². The molecule has 0 aliphatic heterocycles. The zero-order valence-electron chi connectivity index (χ0n) is 16.3. The molecule has 0 radical (unpaired) electrons. The number of ether oxygens (including phenoxy) is 1. The van der Waals surface area contributed by atoms with Crippen molar-refractivity contribution in [3.63, 3.8) is 0 Å². The van der Waals surface area contributed by atoms with E-state index in [2.05, 4.69) is 52.8 Å². The third-order valence-corrected chi connectivity index (χ3v) is 3.82. The fraction of sp³-hybridized carbons (Fsp3) is 0.765. The lowest BCUT2D eigenvalue weighted by Gasteiger charge is -2.24. The molecule has 0 amide bonds. The van der Waals surface area contributed by atoms with Gasteiger partial charge in [0, 0.05) is 52.2 Å². The number of nitrogens with one attached hydrogen (secondary N) is 2. The Bertz CT molecular complexity index is 477. The van der Waals surface area contributed by atoms with Crippen LogP contribution in [-0.4, -0.2) is 68.1 Å². The first-order valence-corrected chi connectivity index (χ1v) is 8.75. The van der Waals surface area contributed by atoms with E-state index in [0.29, 0.717) is 0 Å². The highest BCUT2D eigenvalue weighted by molar-refractivity contribution is 14.0. The maximum Gasteiger partial charge on any atom is 0.191 e. The van der Waals surface area contributed by atoms with Gasteiger partial charge in [-0.2, -0.15) is 5.10 Å². The Balaban J connectivity index is 0.00000576. The van der Waals surface area contributed by atoms with Crippen molar-refractivity contribution in [1.82, 2.24) is 25.3 Å². The SMILES string of the molecule is CCCCOCCCNC(=NC)NCC(c1cnn(C)c1)N(C)C.I. The van der Waals surface area contributed by atoms with Crippen LogP contribution in [0.15, 0.2) is 17.4 Å². The lowest BCUT2D eigenvalue weighted by molar-refractivity contribution is 0.129. The third kappa shape index (κ3) is 10.0. The summed E-state index contributed by atoms with van der Waals surface area (Å²) in [4.78, 5) is 6.46. The van der Waals surface area contributed by atoms with Crippen molar-refractivity contribution < 1.29 is 4.74 Å². The first-order valence-electron chi connectivity index (χ1n) is 8.75. The number of rotatable bonds is 11. The summed E-state index contributed by atoms with van der Waals surface area (Å²) in [6.45, 7) is 5.45. The quantitative estimate of drug-likeness (QED) is 0.226. The predicted octanol–water partition coefficient (Wildman–Crippen LogP) is 2.01. The first kappa shape index (κ1) is 24.1. The lowest BCUT2D eigenvalue weighted by Crippen LogP contribution is -2.42. The summed E-state index contributed by atoms with van der Waals surface area (Å²) in [5.74, 6) is 0.819. The van der Waals surface area contributed by atoms with E-state index in [1.807, 2.05) is 17.9 Å². The van der Waals surface area contributed by atoms with E-state index in [-0.39, 0.29) is 30.0 Å². The second-order valence-corrected chi connectivity index (χ2v) is 6.13. The van der Waals surface area contributed by atoms with Crippen LogP contribution < -0.4 is 10.6 Å². The summed E-state index contributed by atoms with van der Waals surface area (Å²) in [5, 5.41) is 11.0. The molecule has 0 saturated heterocycles. The van der Waals surface area contributed by atoms with E-state index in [9.17, 15) is 0 Å². The molecular formula is C17H35IN6O. The van der Waals surface area contributed by atoms with E-state index in [1.54, 1.807) is 7.05 Å². The molecule has 0 aromatic carbocycles. The van der Waals surface area contributed by atoms with Crippen molar-refractivity contribution in [2.75, 3.05) is 47.4 Å². The van der Waals surface area contributed by atoms with Crippen molar-refractivity contribution >= 4 is 29.9 Å². The van der Waals surface area contributed by atoms with Gasteiger partial charge < -0.3 is 20.3 Å². The third-order valence-electron chi connectivity index (χ3n) is 3.82. The molecule has 7 nitrogen and oxygen atoms in total. The van der Waals surface area contributed by atoms with Crippen molar-refractivity contribution in [1.29, 1.82) is 0 Å². The van der Waals surface area contributed by atoms with Crippen LogP contribution in [-0.2, 0) is 11.8 Å². The number of likely N-dealkylation sites (N-methyl/N-ethyl adjacent to an activating group) is 1. The van der Waals surface area contributed by atoms with Crippen molar-refractivity contribution in [2.45, 2.75) is 32.2 Å². The highest BCUT2D eigenvalue weighted by Crippen LogP contribution is 2.15. The minimum atomic E-state index is 0. The Morgan fingerprint density at radius 3 is 2.60 bits per heavy atom. The van der Waals surface area contributed by atoms with E-state index < -0.39 is 0 Å². The van der Waals surface area contributed by atoms with E-state index >= 15 is 0 Å². The van der Waals surface area contributed by atoms with Gasteiger partial charge in [-0.25, -0.2) is 0 Å². The summed E-state index contributed by atoms with van der Waals surface area (Å²) in [6.07, 6.45) is 7.26. The topological polar surface area (TPSA) is 66.7 Å². The number of nitrogens with zero attached hydrogens (tertiary/aromatic N) is 4. The van der Waals surface area contributed by atoms with Crippen LogP contribution in [0.1, 0.15) is 37.8 Å². The van der Waals surface area contributed by atoms with Crippen LogP contribution in [0.4, 0.5) is 0 Å². The van der Waals surface area contributed by atoms with E-state index in [0.717, 1.165) is 45.1 Å². The lowest BCUT2D eigenvalue weighted by atomic mass is 10.1. The number of hydrogen-bond acceptors (Lipinski definition) is 4. The molecule has 0 fully saturated rings. The van der Waals surface area contributed by atoms with Crippen LogP contribution in [0, 0.1) is 0 Å². The zero-order chi connectivity index (χ0) is 17.8. The molecule has 0 bridgehead atoms. The van der Waals surface area contributed by atoms with E-state index in [4.69, 9.17) is 4.74 Å². The number of guanidine groups is 1. The normalized spacial score (nSPS) is 12.8. The number of aliphatic imine (C=N–C) groups is 1. The molecule has 25 heavy (non-hydrogen) atoms. The highest BCUT2D eigenvalue weighted by Gasteiger charge is 2.16. The number of halogens is 1. The van der Waals surface area contributed by atoms with Gasteiger partial charge in [-0.3, -0.25) is 9.67 Å². The van der Waals surface area contributed by atoms with Gasteiger partial charge in [-0.1, -0.05) is 13.3 Å². The first-order chi connectivity index (χ1) is 11.6. The molecule has 1 heterocycles. The molecule has 8 heteroatoms. The molecule has 0 aliphatic rings. The van der Waals surface area contributed by atoms with Crippen molar-refractivity contribution in [2.24, 2.45) is 12.0 Å². The van der Waals surface area contributed by atoms with Gasteiger partial charge >= 0.3 is 0 Å². The minimum Gasteiger partial charge on any atom is -0.381 e. The van der Waals surface area contributed by atoms with Crippen LogP contribution in [0.3, 0.4) is 0 Å². The number of hydrogen-bond donors (Lipinski definition) is 2. The Morgan fingerprint density at radius 2 is 2.04 bits per heavy atom. The van der Waals surface area contributed by atoms with Gasteiger partial charge in [-0.15, -0.1) is 24.0 Å². The smallest absolute Gasteiger partial charge is 0.191 e. The molecule has 2 N–H and O–H groups in total. The molecule has 1 unspecified atom stereocenters. The van der Waals surface area contributed by atoms with E-state index in [1.165, 1.54) is 12.0 Å². The van der Waals surface area contributed by atoms with Crippen LogP contribution in [0.2, 0.25) is 0 Å².